The standard InChI is InChI=1S/C16H21NO4/c1-21-15(18)13-8-10-14(17(11-13)16(19)20)9-7-12-5-3-2-4-6-12/h2-6,13-14H,7-11H2,1H3,(H,19,20)/t13-,14-/m0/s1. The SMILES string of the molecule is COC(=O)[C@H]1CC[C@H](CCc2ccccc2)N(C(=O)O)C1. The molecule has 21 heavy (non-hydrogen) atoms. The van der Waals surface area contributed by atoms with Crippen LogP contribution in [0.4, 0.5) is 4.79 Å². The van der Waals surface area contributed by atoms with E-state index in [0.717, 1.165) is 12.8 Å². The van der Waals surface area contributed by atoms with Gasteiger partial charge in [-0.2, -0.15) is 0 Å². The summed E-state index contributed by atoms with van der Waals surface area (Å²) in [7, 11) is 1.34. The zero-order valence-corrected chi connectivity index (χ0v) is 12.2. The van der Waals surface area contributed by atoms with Gasteiger partial charge in [-0.1, -0.05) is 30.3 Å². The predicted molar refractivity (Wildman–Crippen MR) is 78.0 cm³/mol. The molecule has 0 radical (unpaired) electrons. The monoisotopic (exact) mass is 291 g/mol. The number of rotatable bonds is 4. The number of likely N-dealkylation sites (tertiary alicyclic amines) is 1. The minimum atomic E-state index is -0.957. The van der Waals surface area contributed by atoms with Crippen LogP contribution in [0.2, 0.25) is 0 Å². The van der Waals surface area contributed by atoms with E-state index < -0.39 is 6.09 Å². The van der Waals surface area contributed by atoms with Gasteiger partial charge in [0.2, 0.25) is 0 Å². The van der Waals surface area contributed by atoms with Crippen LogP contribution in [0, 0.1) is 5.92 Å². The van der Waals surface area contributed by atoms with Crippen molar-refractivity contribution in [1.29, 1.82) is 0 Å². The molecule has 1 heterocycles. The largest absolute Gasteiger partial charge is 0.469 e. The first-order valence-electron chi connectivity index (χ1n) is 7.23. The van der Waals surface area contributed by atoms with Gasteiger partial charge in [0.25, 0.3) is 0 Å². The Balaban J connectivity index is 1.96. The van der Waals surface area contributed by atoms with Gasteiger partial charge in [-0.25, -0.2) is 4.79 Å². The number of carbonyl (C=O) groups is 2. The molecule has 2 atom stereocenters. The van der Waals surface area contributed by atoms with Crippen molar-refractivity contribution in [2.24, 2.45) is 5.92 Å². The second-order valence-electron chi connectivity index (χ2n) is 5.41. The summed E-state index contributed by atoms with van der Waals surface area (Å²) in [6, 6.07) is 10.0. The Morgan fingerprint density at radius 1 is 1.29 bits per heavy atom. The highest BCUT2D eigenvalue weighted by Gasteiger charge is 2.34. The minimum Gasteiger partial charge on any atom is -0.469 e. The van der Waals surface area contributed by atoms with Crippen molar-refractivity contribution in [3.63, 3.8) is 0 Å². The molecule has 1 saturated heterocycles. The summed E-state index contributed by atoms with van der Waals surface area (Å²) < 4.78 is 4.72. The van der Waals surface area contributed by atoms with Gasteiger partial charge in [-0.05, 0) is 31.2 Å². The van der Waals surface area contributed by atoms with Crippen LogP contribution in [0.15, 0.2) is 30.3 Å². The third-order valence-corrected chi connectivity index (χ3v) is 4.10. The molecule has 0 spiro atoms. The van der Waals surface area contributed by atoms with Gasteiger partial charge in [0.05, 0.1) is 13.0 Å². The van der Waals surface area contributed by atoms with E-state index in [1.54, 1.807) is 0 Å². The van der Waals surface area contributed by atoms with Gasteiger partial charge in [-0.3, -0.25) is 4.79 Å². The Bertz CT molecular complexity index is 488. The topological polar surface area (TPSA) is 66.8 Å². The first-order chi connectivity index (χ1) is 10.1. The van der Waals surface area contributed by atoms with Crippen LogP contribution in [0.3, 0.4) is 0 Å². The molecule has 0 aliphatic carbocycles. The van der Waals surface area contributed by atoms with E-state index in [4.69, 9.17) is 4.74 Å². The van der Waals surface area contributed by atoms with E-state index in [0.29, 0.717) is 12.8 Å². The summed E-state index contributed by atoms with van der Waals surface area (Å²) in [5.74, 6) is -0.651. The molecule has 114 valence electrons. The summed E-state index contributed by atoms with van der Waals surface area (Å²) in [6.45, 7) is 0.238. The van der Waals surface area contributed by atoms with Crippen LogP contribution in [-0.2, 0) is 16.0 Å². The average Bonchev–Trinajstić information content (AvgIpc) is 2.52. The summed E-state index contributed by atoms with van der Waals surface area (Å²) in [4.78, 5) is 24.4. The number of hydrogen-bond donors (Lipinski definition) is 1. The number of benzene rings is 1. The highest BCUT2D eigenvalue weighted by molar-refractivity contribution is 5.74. The van der Waals surface area contributed by atoms with Crippen molar-refractivity contribution in [2.75, 3.05) is 13.7 Å². The van der Waals surface area contributed by atoms with Crippen molar-refractivity contribution in [1.82, 2.24) is 4.90 Å². The van der Waals surface area contributed by atoms with Crippen LogP contribution in [0.5, 0.6) is 0 Å². The second-order valence-corrected chi connectivity index (χ2v) is 5.41. The van der Waals surface area contributed by atoms with Crippen LogP contribution in [-0.4, -0.2) is 41.8 Å². The highest BCUT2D eigenvalue weighted by Crippen LogP contribution is 2.26. The van der Waals surface area contributed by atoms with Crippen molar-refractivity contribution in [2.45, 2.75) is 31.7 Å². The Hall–Kier alpha value is -2.04. The molecular formula is C16H21NO4. The van der Waals surface area contributed by atoms with Crippen LogP contribution in [0.1, 0.15) is 24.8 Å². The van der Waals surface area contributed by atoms with E-state index in [1.165, 1.54) is 17.6 Å². The number of hydrogen-bond acceptors (Lipinski definition) is 3. The molecule has 5 heteroatoms. The number of aryl methyl sites for hydroxylation is 1. The van der Waals surface area contributed by atoms with E-state index in [-0.39, 0.29) is 24.5 Å². The third-order valence-electron chi connectivity index (χ3n) is 4.10. The van der Waals surface area contributed by atoms with Crippen molar-refractivity contribution < 1.29 is 19.4 Å². The summed E-state index contributed by atoms with van der Waals surface area (Å²) in [5, 5.41) is 9.35. The predicted octanol–water partition coefficient (Wildman–Crippen LogP) is 2.55. The van der Waals surface area contributed by atoms with Crippen LogP contribution in [0.25, 0.3) is 0 Å². The quantitative estimate of drug-likeness (QED) is 0.866. The smallest absolute Gasteiger partial charge is 0.407 e. The lowest BCUT2D eigenvalue weighted by atomic mass is 9.90. The van der Waals surface area contributed by atoms with Gasteiger partial charge in [0.15, 0.2) is 0 Å². The van der Waals surface area contributed by atoms with Gasteiger partial charge in [0.1, 0.15) is 0 Å². The van der Waals surface area contributed by atoms with E-state index in [1.807, 2.05) is 30.3 Å². The minimum absolute atomic E-state index is 0.0244. The van der Waals surface area contributed by atoms with E-state index in [9.17, 15) is 14.7 Å². The van der Waals surface area contributed by atoms with Crippen LogP contribution < -0.4 is 0 Å². The molecule has 5 nitrogen and oxygen atoms in total. The normalized spacial score (nSPS) is 21.9. The number of ether oxygens (including phenoxy) is 1. The molecule has 1 N–H and O–H groups in total. The molecule has 1 aliphatic heterocycles. The molecule has 0 aromatic heterocycles. The molecule has 0 saturated carbocycles. The lowest BCUT2D eigenvalue weighted by Crippen LogP contribution is -2.48. The molecule has 1 aromatic carbocycles. The fourth-order valence-electron chi connectivity index (χ4n) is 2.90. The van der Waals surface area contributed by atoms with Gasteiger partial charge < -0.3 is 14.7 Å². The molecule has 0 bridgehead atoms. The summed E-state index contributed by atoms with van der Waals surface area (Å²) in [5.41, 5.74) is 1.21. The Labute approximate surface area is 124 Å². The zero-order chi connectivity index (χ0) is 15.2. The van der Waals surface area contributed by atoms with Crippen molar-refractivity contribution in [3.8, 4) is 0 Å². The first kappa shape index (κ1) is 15.4. The highest BCUT2D eigenvalue weighted by atomic mass is 16.5. The summed E-state index contributed by atoms with van der Waals surface area (Å²) in [6.07, 6.45) is 2.07. The molecule has 1 aromatic rings. The zero-order valence-electron chi connectivity index (χ0n) is 12.2. The molecule has 1 fully saturated rings. The molecule has 0 unspecified atom stereocenters. The van der Waals surface area contributed by atoms with Crippen molar-refractivity contribution in [3.05, 3.63) is 35.9 Å². The third kappa shape index (κ3) is 3.97. The number of piperidine rings is 1. The molecule has 1 aliphatic rings. The van der Waals surface area contributed by atoms with Gasteiger partial charge >= 0.3 is 12.1 Å². The van der Waals surface area contributed by atoms with E-state index in [2.05, 4.69) is 0 Å². The summed E-state index contributed by atoms with van der Waals surface area (Å²) >= 11 is 0. The molecule has 1 amide bonds. The number of carboxylic acid groups (broad SMARTS) is 1. The molecular weight excluding hydrogens is 270 g/mol. The van der Waals surface area contributed by atoms with Gasteiger partial charge in [0, 0.05) is 12.6 Å². The van der Waals surface area contributed by atoms with Crippen molar-refractivity contribution >= 4 is 12.1 Å². The maximum absolute atomic E-state index is 11.6. The number of esters is 1. The lowest BCUT2D eigenvalue weighted by molar-refractivity contribution is -0.147. The molecule has 2 rings (SSSR count). The second kappa shape index (κ2) is 7.11. The lowest BCUT2D eigenvalue weighted by Gasteiger charge is -2.37. The average molecular weight is 291 g/mol. The fourth-order valence-corrected chi connectivity index (χ4v) is 2.90. The maximum Gasteiger partial charge on any atom is 0.407 e. The number of carbonyl (C=O) groups excluding carboxylic acids is 1. The number of amides is 1. The Morgan fingerprint density at radius 3 is 2.62 bits per heavy atom. The number of nitrogens with zero attached hydrogens (tertiary/aromatic N) is 1. The Kier molecular flexibility index (Phi) is 5.20. The fraction of sp³-hybridized carbons (Fsp3) is 0.500. The number of methoxy groups -OCH3 is 1. The van der Waals surface area contributed by atoms with Gasteiger partial charge in [-0.15, -0.1) is 0 Å². The maximum atomic E-state index is 11.6. The van der Waals surface area contributed by atoms with E-state index >= 15 is 0 Å². The van der Waals surface area contributed by atoms with Crippen LogP contribution >= 0.6 is 0 Å². The Morgan fingerprint density at radius 2 is 2.00 bits per heavy atom. The first-order valence-corrected chi connectivity index (χ1v) is 7.23.